The lowest BCUT2D eigenvalue weighted by Gasteiger charge is -2.32. The Hall–Kier alpha value is -9.30. The number of amides is 13. The smallest absolute Gasteiger partial charge is 0.305 e. The molecule has 2 aliphatic heterocycles. The Kier molecular flexibility index (Phi) is 51.3. The van der Waals surface area contributed by atoms with Crippen molar-refractivity contribution >= 4 is 134 Å². The average Bonchev–Trinajstić information content (AvgIpc) is 0.894. The number of ether oxygens (including phenoxy) is 4. The van der Waals surface area contributed by atoms with Crippen LogP contribution in [0.15, 0.2) is 35.5 Å². The molecular formula is C74H125N21O23S3. The summed E-state index contributed by atoms with van der Waals surface area (Å²) in [4.78, 5) is 207. The molecule has 0 aromatic heterocycles. The van der Waals surface area contributed by atoms with Crippen LogP contribution < -0.4 is 97.6 Å². The van der Waals surface area contributed by atoms with E-state index >= 15 is 4.79 Å². The molecule has 1 aromatic rings. The van der Waals surface area contributed by atoms with Gasteiger partial charge in [-0.2, -0.15) is 0 Å². The molecule has 13 amide bonds. The zero-order valence-corrected chi connectivity index (χ0v) is 71.6. The van der Waals surface area contributed by atoms with Gasteiger partial charge in [-0.05, 0) is 111 Å². The molecule has 3 rings (SSSR count). The first-order valence-electron chi connectivity index (χ1n) is 39.8. The molecule has 1 aromatic carbocycles. The van der Waals surface area contributed by atoms with Crippen molar-refractivity contribution in [1.82, 2.24) is 79.6 Å². The number of hydrogen-bond donors (Lipinski definition) is 23. The summed E-state index contributed by atoms with van der Waals surface area (Å²) in [5.74, 6) is -18.9. The number of rotatable bonds is 51. The first kappa shape index (κ1) is 106. The molecule has 2 saturated heterocycles. The molecule has 47 heteroatoms. The third-order valence-electron chi connectivity index (χ3n) is 19.2. The second-order valence-corrected chi connectivity index (χ2v) is 33.2. The van der Waals surface area contributed by atoms with E-state index < -0.39 is 197 Å². The SMILES string of the molecule is CC(=NO)C(C)(C)NCCC(CCNC(C)(C)C(O)CN)CCN(CCCCC(C(N)=O)C1NC(=O)CSCC(C(=O)NNCCOCCOCCOCCNC(=O)COCC(N)=O)NC(=O)C(Cc2ccccc2)NC(=O)C2CSSCC(NC1=O)C(=O)NC(CCCNC(=N)N)C(=O)NCC(=O)NC(CC(=O)O)C(=O)N2)C(=O)CCCC(=O)O. The number of nitrogens with zero attached hydrogens (tertiary/aromatic N) is 2. The highest BCUT2D eigenvalue weighted by molar-refractivity contribution is 8.76. The van der Waals surface area contributed by atoms with Crippen molar-refractivity contribution in [2.45, 2.75) is 178 Å². The fraction of sp³-hybridized carbons (Fsp3) is 0.689. The number of primary amides is 2. The quantitative estimate of drug-likeness (QED) is 0.00721. The normalized spacial score (nSPS) is 20.0. The lowest BCUT2D eigenvalue weighted by atomic mass is 9.91. The van der Waals surface area contributed by atoms with Gasteiger partial charge in [0.05, 0.1) is 81.6 Å². The number of nitrogens with two attached hydrogens (primary N) is 4. The van der Waals surface area contributed by atoms with Gasteiger partial charge in [0.15, 0.2) is 5.96 Å². The van der Waals surface area contributed by atoms with Gasteiger partial charge in [0.25, 0.3) is 5.91 Å². The molecule has 2 bridgehead atoms. The number of fused-ring (bicyclic) bond motifs is 5. The fourth-order valence-electron chi connectivity index (χ4n) is 11.9. The molecule has 0 spiro atoms. The van der Waals surface area contributed by atoms with Crippen LogP contribution in [0.25, 0.3) is 0 Å². The molecule has 0 radical (unpaired) electrons. The first-order chi connectivity index (χ1) is 57.5. The largest absolute Gasteiger partial charge is 0.481 e. The molecule has 121 heavy (non-hydrogen) atoms. The van der Waals surface area contributed by atoms with Crippen molar-refractivity contribution in [2.75, 3.05) is 135 Å². The highest BCUT2D eigenvalue weighted by Crippen LogP contribution is 2.26. The number of aliphatic hydroxyl groups excluding tert-OH is 1. The summed E-state index contributed by atoms with van der Waals surface area (Å²) in [6.07, 6.45) is -1.34. The van der Waals surface area contributed by atoms with Crippen molar-refractivity contribution in [2.24, 2.45) is 39.9 Å². The Bertz CT molecular complexity index is 3540. The predicted octanol–water partition coefficient (Wildman–Crippen LogP) is -6.04. The Balaban J connectivity index is 2.15. The van der Waals surface area contributed by atoms with Crippen molar-refractivity contribution < 1.29 is 111 Å². The number of hydrazine groups is 1. The van der Waals surface area contributed by atoms with Gasteiger partial charge in [-0.25, -0.2) is 5.43 Å². The number of unbranched alkanes of at least 4 members (excludes halogenated alkanes) is 1. The number of nitrogens with one attached hydrogen (secondary N) is 15. The van der Waals surface area contributed by atoms with Gasteiger partial charge in [0.2, 0.25) is 70.9 Å². The third kappa shape index (κ3) is 44.9. The number of carbonyl (C=O) groups is 15. The van der Waals surface area contributed by atoms with Crippen LogP contribution in [0.5, 0.6) is 0 Å². The average molecular weight is 1770 g/mol. The monoisotopic (exact) mass is 1770 g/mol. The van der Waals surface area contributed by atoms with E-state index in [1.54, 1.807) is 42.2 Å². The molecule has 44 nitrogen and oxygen atoms in total. The number of aliphatic carboxylic acids is 2. The molecular weight excluding hydrogens is 1650 g/mol. The lowest BCUT2D eigenvalue weighted by molar-refractivity contribution is -0.141. The zero-order valence-electron chi connectivity index (χ0n) is 69.2. The van der Waals surface area contributed by atoms with Crippen LogP contribution in [0.3, 0.4) is 0 Å². The molecule has 0 aliphatic carbocycles. The maximum Gasteiger partial charge on any atom is 0.305 e. The van der Waals surface area contributed by atoms with Crippen LogP contribution in [-0.2, 0) is 97.3 Å². The summed E-state index contributed by atoms with van der Waals surface area (Å²) in [6.45, 7) is 9.27. The van der Waals surface area contributed by atoms with Gasteiger partial charge in [0.1, 0.15) is 55.5 Å². The third-order valence-corrected chi connectivity index (χ3v) is 22.7. The fourth-order valence-corrected chi connectivity index (χ4v) is 15.1. The van der Waals surface area contributed by atoms with Crippen LogP contribution in [0, 0.1) is 17.2 Å². The van der Waals surface area contributed by atoms with Crippen LogP contribution in [-0.4, -0.2) is 320 Å². The van der Waals surface area contributed by atoms with E-state index in [4.69, 9.17) is 47.3 Å². The predicted molar refractivity (Wildman–Crippen MR) is 448 cm³/mol. The molecule has 10 atom stereocenters. The number of thioether (sulfide) groups is 1. The van der Waals surface area contributed by atoms with E-state index in [1.165, 1.54) is 0 Å². The van der Waals surface area contributed by atoms with Gasteiger partial charge in [-0.3, -0.25) is 82.8 Å². The highest BCUT2D eigenvalue weighted by Gasteiger charge is 2.39. The maximum atomic E-state index is 15.3. The number of carboxylic acids is 2. The minimum atomic E-state index is -1.93. The summed E-state index contributed by atoms with van der Waals surface area (Å²) in [5, 5.41) is 82.8. The van der Waals surface area contributed by atoms with E-state index in [9.17, 15) is 87.7 Å². The van der Waals surface area contributed by atoms with Crippen LogP contribution in [0.1, 0.15) is 117 Å². The summed E-state index contributed by atoms with van der Waals surface area (Å²) in [5.41, 5.74) is 27.2. The minimum absolute atomic E-state index is 0.000724. The van der Waals surface area contributed by atoms with Crippen LogP contribution in [0.4, 0.5) is 0 Å². The van der Waals surface area contributed by atoms with E-state index in [0.29, 0.717) is 43.6 Å². The minimum Gasteiger partial charge on any atom is -0.481 e. The van der Waals surface area contributed by atoms with E-state index in [1.807, 2.05) is 27.7 Å². The lowest BCUT2D eigenvalue weighted by Crippen LogP contribution is -2.60. The van der Waals surface area contributed by atoms with E-state index in [0.717, 1.165) is 33.3 Å². The van der Waals surface area contributed by atoms with Gasteiger partial charge in [-0.1, -0.05) is 63.5 Å². The Morgan fingerprint density at radius 1 is 0.628 bits per heavy atom. The number of carboxylic acid groups (broad SMARTS) is 2. The summed E-state index contributed by atoms with van der Waals surface area (Å²) < 4.78 is 21.4. The molecule has 682 valence electrons. The second kappa shape index (κ2) is 58.7. The first-order valence-corrected chi connectivity index (χ1v) is 43.4. The highest BCUT2D eigenvalue weighted by atomic mass is 33.1. The number of benzene rings is 1. The Morgan fingerprint density at radius 2 is 1.25 bits per heavy atom. The van der Waals surface area contributed by atoms with Gasteiger partial charge in [-0.15, -0.1) is 11.8 Å². The number of hydrogen-bond acceptors (Lipinski definition) is 30. The molecule has 2 heterocycles. The van der Waals surface area contributed by atoms with Crippen molar-refractivity contribution in [1.29, 1.82) is 5.41 Å². The number of guanidine groups is 1. The van der Waals surface area contributed by atoms with Gasteiger partial charge in [0, 0.05) is 81.3 Å². The molecule has 0 saturated carbocycles. The molecule has 27 N–H and O–H groups in total. The summed E-state index contributed by atoms with van der Waals surface area (Å²) in [6, 6.07) is -3.70. The van der Waals surface area contributed by atoms with E-state index in [2.05, 4.69) is 79.8 Å². The topological polar surface area (TPSA) is 686 Å². The maximum absolute atomic E-state index is 15.3. The Labute approximate surface area is 714 Å². The van der Waals surface area contributed by atoms with Gasteiger partial charge < -0.3 is 131 Å². The standard InChI is InChI=1S/C74H125N21O23S3/c1-45(94-114)73(2,3)83-23-19-46(20-24-84-74(4,5)55(96)37-75)21-28-95(60(101)17-11-18-61(102)103)27-10-9-15-48(64(77)106)63-71(113)91-54-43-121-120-42-53(90-67(109)51(36-62(104)105)86-57(98)38-82-65(107)49(87-68(54)110)16-12-22-81-72(78)79)69(111)88-50(35-47-13-7-6-8-14-47)66(108)89-52(41-119-44-59(100)92-63)70(112)93-85-26-30-116-32-34-117-33-31-115-29-25-80-58(99)40-118-39-56(76)97/h6-8,13-14,46,48-55,63,83-85,96,114H,9-12,15-44,75H2,1-5H3,(H2,76,97)(H2,77,106)(H,80,99)(H,82,107)(H,86,98)(H,87,110)(H,88,111)(H,89,108)(H,90,109)(H,91,113)(H,92,100)(H,93,112)(H,102,103)(H,104,105)(H4,78,79,81). The second-order valence-electron chi connectivity index (χ2n) is 29.6. The molecule has 2 aliphatic rings. The van der Waals surface area contributed by atoms with E-state index in [-0.39, 0.29) is 155 Å². The Morgan fingerprint density at radius 3 is 1.86 bits per heavy atom. The van der Waals surface area contributed by atoms with Crippen LogP contribution in [0.2, 0.25) is 0 Å². The van der Waals surface area contributed by atoms with Crippen molar-refractivity contribution in [3.63, 3.8) is 0 Å². The zero-order chi connectivity index (χ0) is 89.9. The molecule has 10 unspecified atom stereocenters. The van der Waals surface area contributed by atoms with Crippen LogP contribution >= 0.6 is 33.3 Å². The summed E-state index contributed by atoms with van der Waals surface area (Å²) >= 11 is 0.760. The van der Waals surface area contributed by atoms with Crippen molar-refractivity contribution in [3.8, 4) is 0 Å². The molecule has 2 fully saturated rings. The number of carbonyl (C=O) groups excluding carboxylic acids is 13. The number of oxime groups is 1. The van der Waals surface area contributed by atoms with Crippen molar-refractivity contribution in [3.05, 3.63) is 35.9 Å². The summed E-state index contributed by atoms with van der Waals surface area (Å²) in [7, 11) is 1.64. The van der Waals surface area contributed by atoms with Gasteiger partial charge >= 0.3 is 11.9 Å². The number of aliphatic hydroxyl groups is 1.